The molecule has 3 fully saturated rings. The molecule has 4 heterocycles. The Morgan fingerprint density at radius 2 is 1.81 bits per heavy atom. The molecule has 2 aromatic rings. The zero-order chi connectivity index (χ0) is 30.0. The zero-order valence-corrected chi connectivity index (χ0v) is 24.7. The van der Waals surface area contributed by atoms with Crippen LogP contribution in [0.5, 0.6) is 0 Å². The number of amides is 4. The summed E-state index contributed by atoms with van der Waals surface area (Å²) in [6.45, 7) is 7.06. The first kappa shape index (κ1) is 28.0. The molecule has 0 spiro atoms. The zero-order valence-electron chi connectivity index (χ0n) is 24.7. The molecule has 5 aliphatic rings. The van der Waals surface area contributed by atoms with E-state index < -0.39 is 11.9 Å². The molecule has 43 heavy (non-hydrogen) atoms. The number of likely N-dealkylation sites (tertiary alicyclic amines) is 2. The molecule has 0 radical (unpaired) electrons. The fourth-order valence-corrected chi connectivity index (χ4v) is 7.78. The van der Waals surface area contributed by atoms with Gasteiger partial charge in [-0.25, -0.2) is 4.39 Å². The van der Waals surface area contributed by atoms with Crippen molar-refractivity contribution in [3.63, 3.8) is 0 Å². The SMILES string of the molecule is CC1(C)CCC(C(=O)N2CC3CC2CN3Cc2ccc3c(c2)CN(C2CCC(=O)NC2=O)C3=O)=C(c2ccc(F)cc2)C1. The summed E-state index contributed by atoms with van der Waals surface area (Å²) in [5, 5.41) is 2.35. The number of rotatable bonds is 5. The highest BCUT2D eigenvalue weighted by Gasteiger charge is 2.47. The number of fused-ring (bicyclic) bond motifs is 3. The van der Waals surface area contributed by atoms with Crippen LogP contribution in [0.4, 0.5) is 4.39 Å². The molecule has 3 unspecified atom stereocenters. The Hall–Kier alpha value is -3.85. The van der Waals surface area contributed by atoms with Gasteiger partial charge in [0.2, 0.25) is 17.7 Å². The number of halogens is 1. The van der Waals surface area contributed by atoms with E-state index in [9.17, 15) is 23.6 Å². The Kier molecular flexibility index (Phi) is 6.76. The molecule has 0 saturated carbocycles. The summed E-state index contributed by atoms with van der Waals surface area (Å²) < 4.78 is 13.7. The van der Waals surface area contributed by atoms with Crippen LogP contribution in [0.3, 0.4) is 0 Å². The third-order valence-corrected chi connectivity index (χ3v) is 10.1. The molecule has 224 valence electrons. The average molecular weight is 585 g/mol. The van der Waals surface area contributed by atoms with Gasteiger partial charge in [0, 0.05) is 55.8 Å². The van der Waals surface area contributed by atoms with E-state index in [-0.39, 0.29) is 47.5 Å². The molecule has 1 aliphatic carbocycles. The molecule has 7 rings (SSSR count). The van der Waals surface area contributed by atoms with E-state index >= 15 is 0 Å². The number of hydrogen-bond donors (Lipinski definition) is 1. The molecule has 3 atom stereocenters. The lowest BCUT2D eigenvalue weighted by molar-refractivity contribution is -0.137. The molecular formula is C34H37FN4O4. The summed E-state index contributed by atoms with van der Waals surface area (Å²) in [6.07, 6.45) is 4.03. The maximum atomic E-state index is 14.0. The van der Waals surface area contributed by atoms with Gasteiger partial charge in [-0.1, -0.05) is 38.1 Å². The number of nitrogens with one attached hydrogen (secondary N) is 1. The molecule has 2 aromatic carbocycles. The number of carbonyl (C=O) groups is 4. The number of piperidine rings is 1. The smallest absolute Gasteiger partial charge is 0.255 e. The topological polar surface area (TPSA) is 90.0 Å². The van der Waals surface area contributed by atoms with Gasteiger partial charge in [0.15, 0.2) is 0 Å². The summed E-state index contributed by atoms with van der Waals surface area (Å²) in [5.41, 5.74) is 5.61. The lowest BCUT2D eigenvalue weighted by Gasteiger charge is -2.38. The van der Waals surface area contributed by atoms with E-state index in [0.29, 0.717) is 25.1 Å². The van der Waals surface area contributed by atoms with Crippen molar-refractivity contribution < 1.29 is 23.6 Å². The van der Waals surface area contributed by atoms with Crippen LogP contribution in [0.1, 0.15) is 79.4 Å². The van der Waals surface area contributed by atoms with Crippen LogP contribution in [0.2, 0.25) is 0 Å². The van der Waals surface area contributed by atoms with E-state index in [1.54, 1.807) is 17.0 Å². The third-order valence-electron chi connectivity index (χ3n) is 10.1. The molecule has 3 saturated heterocycles. The standard InChI is InChI=1S/C34H37FN4O4/c1-34(2)12-11-27(28(15-34)21-4-6-23(35)7-5-21)33(43)38-19-24-14-25(38)18-37(24)16-20-3-8-26-22(13-20)17-39(32(26)42)29-9-10-30(40)36-31(29)41/h3-8,13,24-25,29H,9-12,14-19H2,1-2H3,(H,36,40,41). The number of nitrogens with zero attached hydrogens (tertiary/aromatic N) is 3. The summed E-state index contributed by atoms with van der Waals surface area (Å²) in [6, 6.07) is 12.3. The molecule has 2 bridgehead atoms. The van der Waals surface area contributed by atoms with Gasteiger partial charge < -0.3 is 9.80 Å². The predicted octanol–water partition coefficient (Wildman–Crippen LogP) is 4.04. The minimum Gasteiger partial charge on any atom is -0.333 e. The number of carbonyl (C=O) groups excluding carboxylic acids is 4. The Morgan fingerprint density at radius 1 is 1.02 bits per heavy atom. The molecule has 4 aliphatic heterocycles. The van der Waals surface area contributed by atoms with E-state index in [0.717, 1.165) is 66.6 Å². The normalized spacial score (nSPS) is 26.8. The van der Waals surface area contributed by atoms with Gasteiger partial charge in [-0.2, -0.15) is 0 Å². The minimum atomic E-state index is -0.618. The highest BCUT2D eigenvalue weighted by atomic mass is 19.1. The molecule has 1 N–H and O–H groups in total. The lowest BCUT2D eigenvalue weighted by atomic mass is 9.72. The Balaban J connectivity index is 1.03. The third kappa shape index (κ3) is 5.07. The highest BCUT2D eigenvalue weighted by Crippen LogP contribution is 2.44. The average Bonchev–Trinajstić information content (AvgIpc) is 3.65. The fraction of sp³-hybridized carbons (Fsp3) is 0.471. The van der Waals surface area contributed by atoms with Crippen LogP contribution in [0, 0.1) is 11.2 Å². The summed E-state index contributed by atoms with van der Waals surface area (Å²) >= 11 is 0. The Bertz CT molecular complexity index is 1560. The summed E-state index contributed by atoms with van der Waals surface area (Å²) in [5.74, 6) is -0.994. The van der Waals surface area contributed by atoms with Crippen molar-refractivity contribution >= 4 is 29.2 Å². The van der Waals surface area contributed by atoms with Gasteiger partial charge in [0.1, 0.15) is 11.9 Å². The predicted molar refractivity (Wildman–Crippen MR) is 158 cm³/mol. The molecular weight excluding hydrogens is 547 g/mol. The van der Waals surface area contributed by atoms with Crippen molar-refractivity contribution in [3.8, 4) is 0 Å². The maximum Gasteiger partial charge on any atom is 0.255 e. The van der Waals surface area contributed by atoms with Crippen molar-refractivity contribution in [2.75, 3.05) is 13.1 Å². The van der Waals surface area contributed by atoms with Gasteiger partial charge in [0.25, 0.3) is 5.91 Å². The van der Waals surface area contributed by atoms with Crippen LogP contribution in [0.25, 0.3) is 5.57 Å². The van der Waals surface area contributed by atoms with E-state index in [4.69, 9.17) is 0 Å². The molecule has 9 heteroatoms. The van der Waals surface area contributed by atoms with Crippen LogP contribution in [-0.2, 0) is 27.5 Å². The first-order valence-electron chi connectivity index (χ1n) is 15.4. The number of allylic oxidation sites excluding steroid dienone is 1. The van der Waals surface area contributed by atoms with Crippen molar-refractivity contribution in [2.24, 2.45) is 5.41 Å². The second kappa shape index (κ2) is 10.4. The van der Waals surface area contributed by atoms with Crippen LogP contribution in [-0.4, -0.2) is 69.5 Å². The fourth-order valence-electron chi connectivity index (χ4n) is 7.78. The van der Waals surface area contributed by atoms with E-state index in [1.807, 2.05) is 12.1 Å². The van der Waals surface area contributed by atoms with Crippen LogP contribution >= 0.6 is 0 Å². The lowest BCUT2D eigenvalue weighted by Crippen LogP contribution is -2.52. The van der Waals surface area contributed by atoms with E-state index in [1.165, 1.54) is 12.1 Å². The van der Waals surface area contributed by atoms with Gasteiger partial charge in [0.05, 0.1) is 0 Å². The first-order valence-corrected chi connectivity index (χ1v) is 15.4. The summed E-state index contributed by atoms with van der Waals surface area (Å²) in [7, 11) is 0. The van der Waals surface area contributed by atoms with Crippen molar-refractivity contribution in [2.45, 2.75) is 83.6 Å². The number of benzene rings is 2. The van der Waals surface area contributed by atoms with Gasteiger partial charge in [-0.3, -0.25) is 29.4 Å². The maximum absolute atomic E-state index is 14.0. The van der Waals surface area contributed by atoms with Crippen LogP contribution in [0.15, 0.2) is 48.0 Å². The van der Waals surface area contributed by atoms with Gasteiger partial charge in [-0.05, 0) is 78.0 Å². The molecule has 0 aromatic heterocycles. The van der Waals surface area contributed by atoms with Crippen molar-refractivity contribution in [3.05, 3.63) is 76.1 Å². The quantitative estimate of drug-likeness (QED) is 0.536. The molecule has 8 nitrogen and oxygen atoms in total. The Labute approximate surface area is 250 Å². The summed E-state index contributed by atoms with van der Waals surface area (Å²) in [4.78, 5) is 57.1. The van der Waals surface area contributed by atoms with Gasteiger partial charge in [-0.15, -0.1) is 0 Å². The second-order valence-corrected chi connectivity index (χ2v) is 13.6. The van der Waals surface area contributed by atoms with Crippen LogP contribution < -0.4 is 5.32 Å². The number of hydrogen-bond acceptors (Lipinski definition) is 5. The largest absolute Gasteiger partial charge is 0.333 e. The van der Waals surface area contributed by atoms with E-state index in [2.05, 4.69) is 35.0 Å². The number of piperazine rings is 1. The highest BCUT2D eigenvalue weighted by molar-refractivity contribution is 6.05. The number of imide groups is 1. The van der Waals surface area contributed by atoms with Crippen molar-refractivity contribution in [1.82, 2.24) is 20.0 Å². The first-order chi connectivity index (χ1) is 20.6. The molecule has 4 amide bonds. The second-order valence-electron chi connectivity index (χ2n) is 13.6. The van der Waals surface area contributed by atoms with Gasteiger partial charge >= 0.3 is 0 Å². The minimum absolute atomic E-state index is 0.0910. The van der Waals surface area contributed by atoms with Crippen molar-refractivity contribution in [1.29, 1.82) is 0 Å². The Morgan fingerprint density at radius 3 is 2.53 bits per heavy atom. The monoisotopic (exact) mass is 584 g/mol.